The number of benzene rings is 3. The summed E-state index contributed by atoms with van der Waals surface area (Å²) in [5.74, 6) is 0.369. The summed E-state index contributed by atoms with van der Waals surface area (Å²) >= 11 is 0. The van der Waals surface area contributed by atoms with Crippen LogP contribution in [0, 0.1) is 13.8 Å². The van der Waals surface area contributed by atoms with Gasteiger partial charge in [0, 0.05) is 29.6 Å². The Labute approximate surface area is 178 Å². The van der Waals surface area contributed by atoms with Crippen LogP contribution in [0.1, 0.15) is 17.5 Å². The monoisotopic (exact) mass is 401 g/mol. The van der Waals surface area contributed by atoms with Gasteiger partial charge in [-0.15, -0.1) is 0 Å². The summed E-state index contributed by atoms with van der Waals surface area (Å²) in [5.41, 5.74) is 5.70. The highest BCUT2D eigenvalue weighted by Crippen LogP contribution is 2.35. The molecule has 0 aliphatic heterocycles. The first-order chi connectivity index (χ1) is 14.6. The van der Waals surface area contributed by atoms with E-state index in [0.717, 1.165) is 28.9 Å². The highest BCUT2D eigenvalue weighted by molar-refractivity contribution is 5.81. The van der Waals surface area contributed by atoms with Crippen molar-refractivity contribution in [2.24, 2.45) is 0 Å². The van der Waals surface area contributed by atoms with Crippen molar-refractivity contribution in [2.45, 2.75) is 20.3 Å². The largest absolute Gasteiger partial charge is 0.493 e. The molecule has 0 bridgehead atoms. The minimum atomic E-state index is -0.411. The second-order valence-electron chi connectivity index (χ2n) is 7.07. The maximum atomic E-state index is 11.0. The van der Waals surface area contributed by atoms with Crippen LogP contribution in [0.3, 0.4) is 0 Å². The van der Waals surface area contributed by atoms with Crippen LogP contribution >= 0.6 is 0 Å². The van der Waals surface area contributed by atoms with E-state index >= 15 is 0 Å². The molecule has 154 valence electrons. The topological polar surface area (TPSA) is 38.8 Å². The van der Waals surface area contributed by atoms with Crippen LogP contribution in [0.15, 0.2) is 85.5 Å². The molecule has 0 heterocycles. The van der Waals surface area contributed by atoms with Crippen molar-refractivity contribution in [3.8, 4) is 5.75 Å². The van der Waals surface area contributed by atoms with E-state index in [9.17, 15) is 4.79 Å². The van der Waals surface area contributed by atoms with Crippen molar-refractivity contribution < 1.29 is 14.3 Å². The van der Waals surface area contributed by atoms with E-state index in [1.54, 1.807) is 0 Å². The van der Waals surface area contributed by atoms with Crippen LogP contribution < -0.4 is 9.64 Å². The van der Waals surface area contributed by atoms with E-state index in [0.29, 0.717) is 19.6 Å². The Balaban J connectivity index is 1.72. The fourth-order valence-corrected chi connectivity index (χ4v) is 3.01. The molecule has 4 nitrogen and oxygen atoms in total. The van der Waals surface area contributed by atoms with E-state index in [1.165, 1.54) is 11.1 Å². The molecular formula is C26H27NO3. The molecule has 0 aliphatic carbocycles. The number of hydrogen-bond acceptors (Lipinski definition) is 4. The molecule has 0 saturated carbocycles. The summed E-state index contributed by atoms with van der Waals surface area (Å²) in [4.78, 5) is 13.3. The van der Waals surface area contributed by atoms with E-state index in [2.05, 4.69) is 73.9 Å². The van der Waals surface area contributed by atoms with Crippen LogP contribution in [0.5, 0.6) is 5.75 Å². The predicted octanol–water partition coefficient (Wildman–Crippen LogP) is 6.27. The van der Waals surface area contributed by atoms with E-state index in [4.69, 9.17) is 9.47 Å². The molecule has 0 amide bonds. The molecule has 0 spiro atoms. The first-order valence-electron chi connectivity index (χ1n) is 10.0. The zero-order chi connectivity index (χ0) is 21.3. The molecule has 3 aromatic carbocycles. The smallest absolute Gasteiger partial charge is 0.330 e. The minimum absolute atomic E-state index is 0.317. The second-order valence-corrected chi connectivity index (χ2v) is 7.07. The van der Waals surface area contributed by atoms with Crippen molar-refractivity contribution >= 4 is 23.0 Å². The molecule has 0 saturated heterocycles. The number of rotatable bonds is 9. The summed E-state index contributed by atoms with van der Waals surface area (Å²) in [6, 6.07) is 25.0. The first-order valence-corrected chi connectivity index (χ1v) is 10.0. The Hall–Kier alpha value is -3.53. The Morgan fingerprint density at radius 2 is 1.27 bits per heavy atom. The van der Waals surface area contributed by atoms with E-state index in [1.807, 2.05) is 24.3 Å². The molecule has 0 aliphatic rings. The van der Waals surface area contributed by atoms with Crippen LogP contribution in [0.25, 0.3) is 0 Å². The Bertz CT molecular complexity index is 915. The summed E-state index contributed by atoms with van der Waals surface area (Å²) in [7, 11) is 0. The quantitative estimate of drug-likeness (QED) is 0.241. The van der Waals surface area contributed by atoms with Crippen molar-refractivity contribution in [1.29, 1.82) is 0 Å². The second kappa shape index (κ2) is 10.3. The van der Waals surface area contributed by atoms with Gasteiger partial charge in [-0.1, -0.05) is 42.0 Å². The molecule has 0 fully saturated rings. The van der Waals surface area contributed by atoms with Crippen molar-refractivity contribution in [3.05, 3.63) is 96.6 Å². The zero-order valence-corrected chi connectivity index (χ0v) is 17.5. The summed E-state index contributed by atoms with van der Waals surface area (Å²) in [5, 5.41) is 0. The van der Waals surface area contributed by atoms with Crippen molar-refractivity contribution in [2.75, 3.05) is 18.1 Å². The fourth-order valence-electron chi connectivity index (χ4n) is 3.01. The average molecular weight is 402 g/mol. The highest BCUT2D eigenvalue weighted by atomic mass is 16.5. The van der Waals surface area contributed by atoms with Crippen LogP contribution in [-0.2, 0) is 9.53 Å². The molecule has 3 aromatic rings. The standard InChI is InChI=1S/C26H27NO3/c1-4-26(28)30-19-5-18-29-25-16-14-24(15-17-25)27(22-10-6-20(2)7-11-22)23-12-8-21(3)9-13-23/h4,6-17H,1,5,18-19H2,2-3H3. The summed E-state index contributed by atoms with van der Waals surface area (Å²) < 4.78 is 10.7. The lowest BCUT2D eigenvalue weighted by Crippen LogP contribution is -2.10. The van der Waals surface area contributed by atoms with Gasteiger partial charge >= 0.3 is 5.97 Å². The Morgan fingerprint density at radius 3 is 1.73 bits per heavy atom. The lowest BCUT2D eigenvalue weighted by molar-refractivity contribution is -0.137. The number of anilines is 3. The molecule has 0 aromatic heterocycles. The number of carbonyl (C=O) groups is 1. The van der Waals surface area contributed by atoms with Crippen molar-refractivity contribution in [3.63, 3.8) is 0 Å². The average Bonchev–Trinajstić information content (AvgIpc) is 2.77. The number of nitrogens with zero attached hydrogens (tertiary/aromatic N) is 1. The molecule has 0 radical (unpaired) electrons. The fraction of sp³-hybridized carbons (Fsp3) is 0.192. The van der Waals surface area contributed by atoms with Gasteiger partial charge in [0.2, 0.25) is 0 Å². The maximum Gasteiger partial charge on any atom is 0.330 e. The van der Waals surface area contributed by atoms with Gasteiger partial charge in [0.1, 0.15) is 5.75 Å². The first kappa shape index (κ1) is 21.2. The SMILES string of the molecule is C=CC(=O)OCCCOc1ccc(N(c2ccc(C)cc2)c2ccc(C)cc2)cc1. The third kappa shape index (κ3) is 5.74. The molecule has 0 N–H and O–H groups in total. The van der Waals surface area contributed by atoms with Gasteiger partial charge in [-0.2, -0.15) is 0 Å². The van der Waals surface area contributed by atoms with Gasteiger partial charge in [-0.05, 0) is 62.4 Å². The Kier molecular flexibility index (Phi) is 7.28. The highest BCUT2D eigenvalue weighted by Gasteiger charge is 2.12. The number of hydrogen-bond donors (Lipinski definition) is 0. The summed E-state index contributed by atoms with van der Waals surface area (Å²) in [6.07, 6.45) is 1.79. The summed E-state index contributed by atoms with van der Waals surface area (Å²) in [6.45, 7) is 8.34. The third-order valence-electron chi connectivity index (χ3n) is 4.65. The van der Waals surface area contributed by atoms with E-state index in [-0.39, 0.29) is 0 Å². The molecule has 3 rings (SSSR count). The molecule has 0 atom stereocenters. The zero-order valence-electron chi connectivity index (χ0n) is 17.5. The third-order valence-corrected chi connectivity index (χ3v) is 4.65. The van der Waals surface area contributed by atoms with Crippen LogP contribution in [0.4, 0.5) is 17.1 Å². The van der Waals surface area contributed by atoms with Crippen LogP contribution in [-0.4, -0.2) is 19.2 Å². The predicted molar refractivity (Wildman–Crippen MR) is 122 cm³/mol. The van der Waals surface area contributed by atoms with Gasteiger partial charge in [0.15, 0.2) is 0 Å². The maximum absolute atomic E-state index is 11.0. The van der Waals surface area contributed by atoms with Gasteiger partial charge in [-0.25, -0.2) is 4.79 Å². The number of ether oxygens (including phenoxy) is 2. The molecule has 30 heavy (non-hydrogen) atoms. The number of esters is 1. The Morgan fingerprint density at radius 1 is 0.800 bits per heavy atom. The lowest BCUT2D eigenvalue weighted by atomic mass is 10.1. The van der Waals surface area contributed by atoms with Gasteiger partial charge in [0.25, 0.3) is 0 Å². The van der Waals surface area contributed by atoms with Gasteiger partial charge in [-0.3, -0.25) is 0 Å². The van der Waals surface area contributed by atoms with E-state index < -0.39 is 5.97 Å². The van der Waals surface area contributed by atoms with Crippen molar-refractivity contribution in [1.82, 2.24) is 0 Å². The number of carbonyl (C=O) groups excluding carboxylic acids is 1. The normalized spacial score (nSPS) is 10.3. The lowest BCUT2D eigenvalue weighted by Gasteiger charge is -2.26. The minimum Gasteiger partial charge on any atom is -0.493 e. The number of aryl methyl sites for hydroxylation is 2. The van der Waals surface area contributed by atoms with Crippen LogP contribution in [0.2, 0.25) is 0 Å². The molecule has 0 unspecified atom stereocenters. The van der Waals surface area contributed by atoms with Gasteiger partial charge in [0.05, 0.1) is 13.2 Å². The molecule has 4 heteroatoms. The molecular weight excluding hydrogens is 374 g/mol. The van der Waals surface area contributed by atoms with Gasteiger partial charge < -0.3 is 14.4 Å².